The minimum Gasteiger partial charge on any atom is -0.465 e. The van der Waals surface area contributed by atoms with E-state index in [9.17, 15) is 14.4 Å². The number of carbonyl (C=O) groups excluding carboxylic acids is 3. The van der Waals surface area contributed by atoms with Gasteiger partial charge < -0.3 is 15.8 Å². The molecule has 0 aromatic carbocycles. The molecule has 2 rings (SSSR count). The van der Waals surface area contributed by atoms with Crippen LogP contribution in [0.15, 0.2) is 12.3 Å². The third-order valence-corrected chi connectivity index (χ3v) is 4.71. The standard InChI is InChI=1S/C15H18N4O4S/c1-8-4-6-17-19(8)7-5-10(20)18-14-11(15(22)23-3)9(2)12(24-14)13(16)21/h4,6H,5,7H2,1-3H3,(H2,16,21)(H,18,20). The fourth-order valence-corrected chi connectivity index (χ4v) is 3.28. The summed E-state index contributed by atoms with van der Waals surface area (Å²) in [5, 5.41) is 7.01. The van der Waals surface area contributed by atoms with E-state index in [-0.39, 0.29) is 27.8 Å². The molecule has 2 aromatic rings. The van der Waals surface area contributed by atoms with Gasteiger partial charge in [-0.25, -0.2) is 4.79 Å². The summed E-state index contributed by atoms with van der Waals surface area (Å²) >= 11 is 0.963. The molecule has 0 aliphatic rings. The predicted molar refractivity (Wildman–Crippen MR) is 89.1 cm³/mol. The van der Waals surface area contributed by atoms with Crippen molar-refractivity contribution < 1.29 is 19.1 Å². The number of aryl methyl sites for hydroxylation is 2. The fourth-order valence-electron chi connectivity index (χ4n) is 2.21. The first-order valence-corrected chi connectivity index (χ1v) is 7.96. The molecule has 0 spiro atoms. The Bertz CT molecular complexity index is 793. The average molecular weight is 350 g/mol. The van der Waals surface area contributed by atoms with Gasteiger partial charge in [-0.2, -0.15) is 5.10 Å². The molecule has 0 bridgehead atoms. The highest BCUT2D eigenvalue weighted by Gasteiger charge is 2.25. The highest BCUT2D eigenvalue weighted by atomic mass is 32.1. The van der Waals surface area contributed by atoms with Gasteiger partial charge in [0.15, 0.2) is 0 Å². The topological polar surface area (TPSA) is 116 Å². The van der Waals surface area contributed by atoms with Crippen LogP contribution in [-0.2, 0) is 16.1 Å². The van der Waals surface area contributed by atoms with E-state index in [0.29, 0.717) is 12.1 Å². The van der Waals surface area contributed by atoms with Crippen LogP contribution in [0.1, 0.15) is 37.7 Å². The molecule has 24 heavy (non-hydrogen) atoms. The van der Waals surface area contributed by atoms with Gasteiger partial charge in [0, 0.05) is 24.9 Å². The maximum Gasteiger partial charge on any atom is 0.341 e. The zero-order valence-corrected chi connectivity index (χ0v) is 14.4. The molecule has 2 heterocycles. The smallest absolute Gasteiger partial charge is 0.341 e. The van der Waals surface area contributed by atoms with Crippen LogP contribution in [0.5, 0.6) is 0 Å². The Kier molecular flexibility index (Phi) is 5.35. The van der Waals surface area contributed by atoms with E-state index in [2.05, 4.69) is 10.4 Å². The van der Waals surface area contributed by atoms with Crippen molar-refractivity contribution in [3.8, 4) is 0 Å². The van der Waals surface area contributed by atoms with Gasteiger partial charge in [-0.1, -0.05) is 0 Å². The van der Waals surface area contributed by atoms with Gasteiger partial charge in [0.2, 0.25) is 5.91 Å². The Balaban J connectivity index is 2.17. The lowest BCUT2D eigenvalue weighted by Crippen LogP contribution is -2.17. The zero-order valence-electron chi connectivity index (χ0n) is 13.6. The summed E-state index contributed by atoms with van der Waals surface area (Å²) < 4.78 is 6.42. The summed E-state index contributed by atoms with van der Waals surface area (Å²) in [6.45, 7) is 3.89. The van der Waals surface area contributed by atoms with Crippen molar-refractivity contribution in [2.24, 2.45) is 5.73 Å². The Morgan fingerprint density at radius 2 is 2.08 bits per heavy atom. The molecule has 0 aliphatic carbocycles. The number of nitrogens with two attached hydrogens (primary N) is 1. The number of hydrogen-bond donors (Lipinski definition) is 2. The molecule has 0 unspecified atom stereocenters. The molecule has 128 valence electrons. The zero-order chi connectivity index (χ0) is 17.9. The number of ether oxygens (including phenoxy) is 1. The lowest BCUT2D eigenvalue weighted by atomic mass is 10.1. The summed E-state index contributed by atoms with van der Waals surface area (Å²) in [4.78, 5) is 35.8. The molecule has 3 N–H and O–H groups in total. The summed E-state index contributed by atoms with van der Waals surface area (Å²) in [6.07, 6.45) is 1.83. The normalized spacial score (nSPS) is 10.5. The molecule has 0 fully saturated rings. The molecule has 2 amide bonds. The number of hydrogen-bond acceptors (Lipinski definition) is 6. The van der Waals surface area contributed by atoms with Gasteiger partial charge in [0.25, 0.3) is 5.91 Å². The van der Waals surface area contributed by atoms with Crippen LogP contribution < -0.4 is 11.1 Å². The van der Waals surface area contributed by atoms with E-state index < -0.39 is 11.9 Å². The number of esters is 1. The summed E-state index contributed by atoms with van der Waals surface area (Å²) in [5.74, 6) is -1.59. The molecular formula is C15H18N4O4S. The molecule has 9 heteroatoms. The quantitative estimate of drug-likeness (QED) is 0.765. The minimum absolute atomic E-state index is 0.153. The maximum absolute atomic E-state index is 12.2. The second-order valence-corrected chi connectivity index (χ2v) is 6.13. The summed E-state index contributed by atoms with van der Waals surface area (Å²) in [7, 11) is 1.23. The first-order chi connectivity index (χ1) is 11.3. The van der Waals surface area contributed by atoms with Crippen LogP contribution in [0.25, 0.3) is 0 Å². The van der Waals surface area contributed by atoms with Crippen LogP contribution in [0.3, 0.4) is 0 Å². The SMILES string of the molecule is COC(=O)c1c(NC(=O)CCn2nccc2C)sc(C(N)=O)c1C. The number of rotatable bonds is 6. The molecule has 0 saturated heterocycles. The van der Waals surface area contributed by atoms with E-state index >= 15 is 0 Å². The largest absolute Gasteiger partial charge is 0.465 e. The molecule has 0 radical (unpaired) electrons. The molecule has 0 atom stereocenters. The van der Waals surface area contributed by atoms with Crippen LogP contribution in [0.4, 0.5) is 5.00 Å². The molecule has 0 saturated carbocycles. The molecule has 0 aliphatic heterocycles. The van der Waals surface area contributed by atoms with Gasteiger partial charge in [-0.3, -0.25) is 14.3 Å². The monoisotopic (exact) mass is 350 g/mol. The summed E-state index contributed by atoms with van der Waals surface area (Å²) in [5.41, 5.74) is 6.80. The maximum atomic E-state index is 12.2. The van der Waals surface area contributed by atoms with E-state index in [1.165, 1.54) is 7.11 Å². The third-order valence-electron chi connectivity index (χ3n) is 3.49. The number of nitrogens with zero attached hydrogens (tertiary/aromatic N) is 2. The van der Waals surface area contributed by atoms with Crippen molar-refractivity contribution in [3.05, 3.63) is 34.0 Å². The first kappa shape index (κ1) is 17.7. The van der Waals surface area contributed by atoms with Gasteiger partial charge in [-0.15, -0.1) is 11.3 Å². The first-order valence-electron chi connectivity index (χ1n) is 7.15. The minimum atomic E-state index is -0.657. The number of nitrogens with one attached hydrogen (secondary N) is 1. The lowest BCUT2D eigenvalue weighted by Gasteiger charge is -2.07. The second kappa shape index (κ2) is 7.26. The van der Waals surface area contributed by atoms with Crippen LogP contribution in [0.2, 0.25) is 0 Å². The van der Waals surface area contributed by atoms with E-state index in [4.69, 9.17) is 10.5 Å². The van der Waals surface area contributed by atoms with Crippen molar-refractivity contribution in [1.82, 2.24) is 9.78 Å². The van der Waals surface area contributed by atoms with Crippen molar-refractivity contribution >= 4 is 34.1 Å². The number of anilines is 1. The van der Waals surface area contributed by atoms with Crippen molar-refractivity contribution in [1.29, 1.82) is 0 Å². The Morgan fingerprint density at radius 1 is 1.38 bits per heavy atom. The Labute approximate surface area is 142 Å². The molecular weight excluding hydrogens is 332 g/mol. The highest BCUT2D eigenvalue weighted by molar-refractivity contribution is 7.18. The Morgan fingerprint density at radius 3 is 2.62 bits per heavy atom. The highest BCUT2D eigenvalue weighted by Crippen LogP contribution is 2.33. The second-order valence-electron chi connectivity index (χ2n) is 5.11. The number of thiophene rings is 1. The third kappa shape index (κ3) is 3.62. The van der Waals surface area contributed by atoms with Crippen molar-refractivity contribution in [3.63, 3.8) is 0 Å². The van der Waals surface area contributed by atoms with E-state index in [0.717, 1.165) is 17.0 Å². The average Bonchev–Trinajstić information content (AvgIpc) is 3.08. The van der Waals surface area contributed by atoms with Gasteiger partial charge in [0.05, 0.1) is 17.6 Å². The summed E-state index contributed by atoms with van der Waals surface area (Å²) in [6, 6.07) is 1.84. The van der Waals surface area contributed by atoms with Crippen LogP contribution in [-0.4, -0.2) is 34.7 Å². The van der Waals surface area contributed by atoms with Crippen LogP contribution in [0, 0.1) is 13.8 Å². The number of aromatic nitrogens is 2. The van der Waals surface area contributed by atoms with Crippen molar-refractivity contribution in [2.45, 2.75) is 26.8 Å². The number of carbonyl (C=O) groups is 3. The van der Waals surface area contributed by atoms with Gasteiger partial charge in [0.1, 0.15) is 5.00 Å². The Hall–Kier alpha value is -2.68. The predicted octanol–water partition coefficient (Wildman–Crippen LogP) is 1.48. The number of amides is 2. The molecule has 8 nitrogen and oxygen atoms in total. The van der Waals surface area contributed by atoms with Gasteiger partial charge in [-0.05, 0) is 25.5 Å². The molecule has 2 aromatic heterocycles. The van der Waals surface area contributed by atoms with Crippen LogP contribution >= 0.6 is 11.3 Å². The lowest BCUT2D eigenvalue weighted by molar-refractivity contribution is -0.116. The number of primary amides is 1. The fraction of sp³-hybridized carbons (Fsp3) is 0.333. The van der Waals surface area contributed by atoms with E-state index in [1.807, 2.05) is 13.0 Å². The number of methoxy groups -OCH3 is 1. The van der Waals surface area contributed by atoms with E-state index in [1.54, 1.807) is 17.8 Å². The van der Waals surface area contributed by atoms with Crippen molar-refractivity contribution in [2.75, 3.05) is 12.4 Å². The van der Waals surface area contributed by atoms with Gasteiger partial charge >= 0.3 is 5.97 Å².